The number of methoxy groups -OCH3 is 1. The van der Waals surface area contributed by atoms with Gasteiger partial charge in [0.1, 0.15) is 5.75 Å². The van der Waals surface area contributed by atoms with Crippen molar-refractivity contribution in [2.45, 2.75) is 18.8 Å². The lowest BCUT2D eigenvalue weighted by Gasteiger charge is -2.23. The fourth-order valence-corrected chi connectivity index (χ4v) is 2.94. The van der Waals surface area contributed by atoms with Gasteiger partial charge in [-0.3, -0.25) is 14.9 Å². The van der Waals surface area contributed by atoms with E-state index in [1.165, 1.54) is 12.1 Å². The maximum atomic E-state index is 12.1. The van der Waals surface area contributed by atoms with Gasteiger partial charge in [0.05, 0.1) is 12.0 Å². The standard InChI is InChI=1S/C19H18N2O4/c1-25-19-8-2-13(3-9-19)14-10-16(12-18(22)11-14)20-15-4-6-17(7-5-15)21(23)24/h2-9,12,14,20H,10-11H2,1H3/t14-/m0/s1. The molecule has 0 fully saturated rings. The number of carbonyl (C=O) groups is 1. The van der Waals surface area contributed by atoms with E-state index in [2.05, 4.69) is 5.32 Å². The third-order valence-electron chi connectivity index (χ3n) is 4.22. The number of nitrogens with zero attached hydrogens (tertiary/aromatic N) is 1. The van der Waals surface area contributed by atoms with Crippen LogP contribution < -0.4 is 10.1 Å². The van der Waals surface area contributed by atoms with Crippen molar-refractivity contribution in [3.05, 3.63) is 76.0 Å². The molecule has 25 heavy (non-hydrogen) atoms. The van der Waals surface area contributed by atoms with Crippen LogP contribution in [0.1, 0.15) is 24.3 Å². The van der Waals surface area contributed by atoms with Gasteiger partial charge in [0, 0.05) is 36.0 Å². The van der Waals surface area contributed by atoms with Crippen LogP contribution in [0.15, 0.2) is 60.3 Å². The smallest absolute Gasteiger partial charge is 0.269 e. The summed E-state index contributed by atoms with van der Waals surface area (Å²) in [6.07, 6.45) is 2.79. The second kappa shape index (κ2) is 7.17. The number of nitrogens with one attached hydrogen (secondary N) is 1. The maximum Gasteiger partial charge on any atom is 0.269 e. The minimum atomic E-state index is -0.438. The number of benzene rings is 2. The second-order valence-corrected chi connectivity index (χ2v) is 5.94. The number of rotatable bonds is 5. The van der Waals surface area contributed by atoms with Gasteiger partial charge in [-0.25, -0.2) is 0 Å². The zero-order valence-electron chi connectivity index (χ0n) is 13.8. The Morgan fingerprint density at radius 1 is 1.08 bits per heavy atom. The van der Waals surface area contributed by atoms with E-state index in [9.17, 15) is 14.9 Å². The van der Waals surface area contributed by atoms with Crippen molar-refractivity contribution >= 4 is 17.2 Å². The molecule has 0 spiro atoms. The predicted molar refractivity (Wildman–Crippen MR) is 94.8 cm³/mol. The van der Waals surface area contributed by atoms with Crippen LogP contribution in [0.2, 0.25) is 0 Å². The van der Waals surface area contributed by atoms with Crippen LogP contribution in [0.3, 0.4) is 0 Å². The fourth-order valence-electron chi connectivity index (χ4n) is 2.94. The van der Waals surface area contributed by atoms with E-state index in [4.69, 9.17) is 4.74 Å². The van der Waals surface area contributed by atoms with Crippen LogP contribution in [0.5, 0.6) is 5.75 Å². The van der Waals surface area contributed by atoms with Gasteiger partial charge in [-0.15, -0.1) is 0 Å². The molecular formula is C19H18N2O4. The van der Waals surface area contributed by atoms with E-state index in [0.717, 1.165) is 22.7 Å². The molecule has 0 aromatic heterocycles. The molecule has 6 heteroatoms. The summed E-state index contributed by atoms with van der Waals surface area (Å²) < 4.78 is 5.17. The zero-order valence-corrected chi connectivity index (χ0v) is 13.8. The summed E-state index contributed by atoms with van der Waals surface area (Å²) in [4.78, 5) is 22.4. The number of nitro groups is 1. The highest BCUT2D eigenvalue weighted by Gasteiger charge is 2.22. The second-order valence-electron chi connectivity index (χ2n) is 5.94. The third-order valence-corrected chi connectivity index (χ3v) is 4.22. The van der Waals surface area contributed by atoms with Crippen LogP contribution in [-0.2, 0) is 4.79 Å². The Bertz CT molecular complexity index is 810. The molecule has 1 atom stereocenters. The molecule has 2 aromatic rings. The van der Waals surface area contributed by atoms with Crippen molar-refractivity contribution in [2.24, 2.45) is 0 Å². The lowest BCUT2D eigenvalue weighted by atomic mass is 9.85. The summed E-state index contributed by atoms with van der Waals surface area (Å²) >= 11 is 0. The monoisotopic (exact) mass is 338 g/mol. The Labute approximate surface area is 145 Å². The average molecular weight is 338 g/mol. The highest BCUT2D eigenvalue weighted by molar-refractivity contribution is 5.92. The Morgan fingerprint density at radius 2 is 1.76 bits per heavy atom. The fraction of sp³-hybridized carbons (Fsp3) is 0.211. The molecule has 128 valence electrons. The molecule has 0 saturated heterocycles. The number of hydrogen-bond donors (Lipinski definition) is 1. The predicted octanol–water partition coefficient (Wildman–Crippen LogP) is 4.05. The van der Waals surface area contributed by atoms with Crippen LogP contribution in [0.25, 0.3) is 0 Å². The largest absolute Gasteiger partial charge is 0.497 e. The van der Waals surface area contributed by atoms with E-state index < -0.39 is 4.92 Å². The van der Waals surface area contributed by atoms with Gasteiger partial charge in [0.25, 0.3) is 5.69 Å². The minimum Gasteiger partial charge on any atom is -0.497 e. The number of allylic oxidation sites excluding steroid dienone is 2. The number of non-ortho nitro benzene ring substituents is 1. The van der Waals surface area contributed by atoms with E-state index in [0.29, 0.717) is 12.8 Å². The van der Waals surface area contributed by atoms with Crippen molar-refractivity contribution in [2.75, 3.05) is 12.4 Å². The zero-order chi connectivity index (χ0) is 17.8. The summed E-state index contributed by atoms with van der Waals surface area (Å²) in [5.41, 5.74) is 2.66. The molecule has 1 aliphatic rings. The van der Waals surface area contributed by atoms with Gasteiger partial charge in [-0.05, 0) is 42.2 Å². The first-order valence-electron chi connectivity index (χ1n) is 7.94. The summed E-state index contributed by atoms with van der Waals surface area (Å²) in [6.45, 7) is 0. The average Bonchev–Trinajstić information content (AvgIpc) is 2.62. The van der Waals surface area contributed by atoms with Gasteiger partial charge in [-0.1, -0.05) is 12.1 Å². The molecule has 3 rings (SSSR count). The molecule has 6 nitrogen and oxygen atoms in total. The topological polar surface area (TPSA) is 81.5 Å². The first-order valence-corrected chi connectivity index (χ1v) is 7.94. The number of ether oxygens (including phenoxy) is 1. The van der Waals surface area contributed by atoms with Crippen molar-refractivity contribution < 1.29 is 14.5 Å². The van der Waals surface area contributed by atoms with Crippen molar-refractivity contribution in [1.29, 1.82) is 0 Å². The van der Waals surface area contributed by atoms with Gasteiger partial charge in [0.15, 0.2) is 5.78 Å². The maximum absolute atomic E-state index is 12.1. The molecule has 0 radical (unpaired) electrons. The quantitative estimate of drug-likeness (QED) is 0.657. The molecule has 0 aliphatic heterocycles. The number of hydrogen-bond acceptors (Lipinski definition) is 5. The normalized spacial score (nSPS) is 16.9. The Hall–Kier alpha value is -3.15. The number of ketones is 1. The molecule has 0 saturated carbocycles. The van der Waals surface area contributed by atoms with Gasteiger partial charge in [0.2, 0.25) is 0 Å². The third kappa shape index (κ3) is 4.03. The highest BCUT2D eigenvalue weighted by Crippen LogP contribution is 2.33. The van der Waals surface area contributed by atoms with Gasteiger partial charge < -0.3 is 10.1 Å². The molecule has 1 aliphatic carbocycles. The van der Waals surface area contributed by atoms with Crippen molar-refractivity contribution in [3.63, 3.8) is 0 Å². The lowest BCUT2D eigenvalue weighted by Crippen LogP contribution is -2.16. The van der Waals surface area contributed by atoms with Gasteiger partial charge in [-0.2, -0.15) is 0 Å². The van der Waals surface area contributed by atoms with E-state index in [1.807, 2.05) is 24.3 Å². The molecule has 0 unspecified atom stereocenters. The number of carbonyl (C=O) groups excluding carboxylic acids is 1. The summed E-state index contributed by atoms with van der Waals surface area (Å²) in [7, 11) is 1.62. The summed E-state index contributed by atoms with van der Waals surface area (Å²) in [6, 6.07) is 13.9. The number of anilines is 1. The molecule has 1 N–H and O–H groups in total. The summed E-state index contributed by atoms with van der Waals surface area (Å²) in [5, 5.41) is 13.9. The van der Waals surface area contributed by atoms with Crippen LogP contribution in [0, 0.1) is 10.1 Å². The van der Waals surface area contributed by atoms with E-state index in [1.54, 1.807) is 25.3 Å². The Balaban J connectivity index is 1.73. The van der Waals surface area contributed by atoms with Crippen molar-refractivity contribution in [3.8, 4) is 5.75 Å². The van der Waals surface area contributed by atoms with E-state index in [-0.39, 0.29) is 17.4 Å². The minimum absolute atomic E-state index is 0.0374. The SMILES string of the molecule is COc1ccc([C@@H]2CC(=O)C=C(Nc3ccc([N+](=O)[O-])cc3)C2)cc1. The van der Waals surface area contributed by atoms with Crippen molar-refractivity contribution in [1.82, 2.24) is 0 Å². The lowest BCUT2D eigenvalue weighted by molar-refractivity contribution is -0.384. The molecular weight excluding hydrogens is 320 g/mol. The molecule has 0 bridgehead atoms. The van der Waals surface area contributed by atoms with Gasteiger partial charge >= 0.3 is 0 Å². The highest BCUT2D eigenvalue weighted by atomic mass is 16.6. The number of nitro benzene ring substituents is 1. The first-order chi connectivity index (χ1) is 12.0. The first kappa shape index (κ1) is 16.7. The Kier molecular flexibility index (Phi) is 4.79. The Morgan fingerprint density at radius 3 is 2.36 bits per heavy atom. The molecule has 0 amide bonds. The molecule has 2 aromatic carbocycles. The van der Waals surface area contributed by atoms with Crippen LogP contribution in [0.4, 0.5) is 11.4 Å². The molecule has 0 heterocycles. The van der Waals surface area contributed by atoms with Crippen LogP contribution >= 0.6 is 0 Å². The van der Waals surface area contributed by atoms with Crippen LogP contribution in [-0.4, -0.2) is 17.8 Å². The van der Waals surface area contributed by atoms with E-state index >= 15 is 0 Å². The summed E-state index contributed by atoms with van der Waals surface area (Å²) in [5.74, 6) is 0.950.